The van der Waals surface area contributed by atoms with Crippen LogP contribution in [0.3, 0.4) is 0 Å². The Labute approximate surface area is 150 Å². The highest BCUT2D eigenvalue weighted by molar-refractivity contribution is 5.78. The monoisotopic (exact) mass is 331 g/mol. The fraction of sp³-hybridized carbons (Fsp3) is 0.182. The van der Waals surface area contributed by atoms with E-state index in [9.17, 15) is 0 Å². The third-order valence-corrected chi connectivity index (χ3v) is 4.26. The van der Waals surface area contributed by atoms with Crippen molar-refractivity contribution in [2.24, 2.45) is 0 Å². The molecule has 0 N–H and O–H groups in total. The maximum Gasteiger partial charge on any atom is 0.0463 e. The zero-order valence-corrected chi connectivity index (χ0v) is 15.3. The minimum atomic E-state index is 1.15. The molecule has 0 aliphatic rings. The first-order valence-corrected chi connectivity index (χ1v) is 8.46. The second-order valence-electron chi connectivity index (χ2n) is 6.49. The highest BCUT2D eigenvalue weighted by atomic mass is 15.1. The van der Waals surface area contributed by atoms with Crippen molar-refractivity contribution < 1.29 is 0 Å². The van der Waals surface area contributed by atoms with E-state index in [0.717, 1.165) is 17.1 Å². The molecule has 0 bridgehead atoms. The SMILES string of the molecule is CN(C)c1ccc(N(c2ccccc2)c2ccc(N(C)C)cc2)cc1. The molecule has 0 aliphatic carbocycles. The lowest BCUT2D eigenvalue weighted by atomic mass is 10.1. The van der Waals surface area contributed by atoms with Crippen molar-refractivity contribution in [3.05, 3.63) is 78.9 Å². The number of hydrogen-bond acceptors (Lipinski definition) is 3. The molecule has 0 aromatic heterocycles. The van der Waals surface area contributed by atoms with Crippen molar-refractivity contribution in [1.82, 2.24) is 0 Å². The quantitative estimate of drug-likeness (QED) is 0.629. The Kier molecular flexibility index (Phi) is 4.94. The average Bonchev–Trinajstić information content (AvgIpc) is 2.64. The molecule has 3 rings (SSSR count). The van der Waals surface area contributed by atoms with E-state index in [1.165, 1.54) is 11.4 Å². The van der Waals surface area contributed by atoms with Gasteiger partial charge < -0.3 is 14.7 Å². The van der Waals surface area contributed by atoms with E-state index in [1.807, 2.05) is 6.07 Å². The summed E-state index contributed by atoms with van der Waals surface area (Å²) in [6.45, 7) is 0. The molecule has 25 heavy (non-hydrogen) atoms. The van der Waals surface area contributed by atoms with Crippen LogP contribution in [0, 0.1) is 0 Å². The van der Waals surface area contributed by atoms with Crippen molar-refractivity contribution in [3.63, 3.8) is 0 Å². The fourth-order valence-electron chi connectivity index (χ4n) is 2.82. The molecule has 3 aromatic rings. The van der Waals surface area contributed by atoms with Crippen LogP contribution in [0.15, 0.2) is 78.9 Å². The van der Waals surface area contributed by atoms with Crippen LogP contribution >= 0.6 is 0 Å². The number of hydrogen-bond donors (Lipinski definition) is 0. The summed E-state index contributed by atoms with van der Waals surface area (Å²) >= 11 is 0. The number of nitrogens with zero attached hydrogens (tertiary/aromatic N) is 3. The van der Waals surface area contributed by atoms with Crippen LogP contribution in [0.1, 0.15) is 0 Å². The van der Waals surface area contributed by atoms with E-state index < -0.39 is 0 Å². The molecule has 0 amide bonds. The van der Waals surface area contributed by atoms with E-state index >= 15 is 0 Å². The van der Waals surface area contributed by atoms with Gasteiger partial charge in [0.15, 0.2) is 0 Å². The van der Waals surface area contributed by atoms with Crippen molar-refractivity contribution in [2.45, 2.75) is 0 Å². The molecule has 0 radical (unpaired) electrons. The Morgan fingerprint density at radius 3 is 1.08 bits per heavy atom. The summed E-state index contributed by atoms with van der Waals surface area (Å²) in [5, 5.41) is 0. The van der Waals surface area contributed by atoms with Crippen molar-refractivity contribution in [2.75, 3.05) is 42.9 Å². The molecule has 0 heterocycles. The molecular formula is C22H25N3. The summed E-state index contributed by atoms with van der Waals surface area (Å²) < 4.78 is 0. The van der Waals surface area contributed by atoms with Crippen LogP contribution in [0.5, 0.6) is 0 Å². The van der Waals surface area contributed by atoms with Gasteiger partial charge in [-0.2, -0.15) is 0 Å². The average molecular weight is 331 g/mol. The molecule has 3 heteroatoms. The maximum atomic E-state index is 2.28. The van der Waals surface area contributed by atoms with Crippen molar-refractivity contribution >= 4 is 28.4 Å². The van der Waals surface area contributed by atoms with Crippen LogP contribution in [0.4, 0.5) is 28.4 Å². The predicted octanol–water partition coefficient (Wildman–Crippen LogP) is 5.29. The van der Waals surface area contributed by atoms with E-state index in [4.69, 9.17) is 0 Å². The Hall–Kier alpha value is -2.94. The highest BCUT2D eigenvalue weighted by Crippen LogP contribution is 2.35. The fourth-order valence-corrected chi connectivity index (χ4v) is 2.82. The summed E-state index contributed by atoms with van der Waals surface area (Å²) in [5.74, 6) is 0. The first-order chi connectivity index (χ1) is 12.1. The Morgan fingerprint density at radius 1 is 0.400 bits per heavy atom. The summed E-state index contributed by atoms with van der Waals surface area (Å²) in [6, 6.07) is 27.8. The number of benzene rings is 3. The van der Waals surface area contributed by atoms with Crippen LogP contribution in [-0.4, -0.2) is 28.2 Å². The smallest absolute Gasteiger partial charge is 0.0463 e. The molecule has 0 aliphatic heterocycles. The van der Waals surface area contributed by atoms with Crippen molar-refractivity contribution in [1.29, 1.82) is 0 Å². The zero-order valence-electron chi connectivity index (χ0n) is 15.3. The summed E-state index contributed by atoms with van der Waals surface area (Å²) in [4.78, 5) is 6.50. The van der Waals surface area contributed by atoms with Crippen LogP contribution in [0.2, 0.25) is 0 Å². The molecule has 0 saturated carbocycles. The maximum absolute atomic E-state index is 2.28. The summed E-state index contributed by atoms with van der Waals surface area (Å²) in [5.41, 5.74) is 5.83. The van der Waals surface area contributed by atoms with Crippen molar-refractivity contribution in [3.8, 4) is 0 Å². The minimum Gasteiger partial charge on any atom is -0.378 e. The van der Waals surface area contributed by atoms with Gasteiger partial charge in [-0.3, -0.25) is 0 Å². The van der Waals surface area contributed by atoms with Gasteiger partial charge >= 0.3 is 0 Å². The molecule has 128 valence electrons. The van der Waals surface area contributed by atoms with Gasteiger partial charge in [0.05, 0.1) is 0 Å². The topological polar surface area (TPSA) is 9.72 Å². The zero-order chi connectivity index (χ0) is 17.8. The second kappa shape index (κ2) is 7.31. The lowest BCUT2D eigenvalue weighted by Crippen LogP contribution is -2.12. The lowest BCUT2D eigenvalue weighted by molar-refractivity contribution is 1.13. The van der Waals surface area contributed by atoms with E-state index in [1.54, 1.807) is 0 Å². The van der Waals surface area contributed by atoms with Gasteiger partial charge in [0.25, 0.3) is 0 Å². The normalized spacial score (nSPS) is 10.4. The molecule has 0 atom stereocenters. The number of anilines is 5. The third-order valence-electron chi connectivity index (χ3n) is 4.26. The molecule has 3 nitrogen and oxygen atoms in total. The van der Waals surface area contributed by atoms with Gasteiger partial charge in [-0.15, -0.1) is 0 Å². The van der Waals surface area contributed by atoms with Gasteiger partial charge in [-0.25, -0.2) is 0 Å². The predicted molar refractivity (Wildman–Crippen MR) is 110 cm³/mol. The van der Waals surface area contributed by atoms with E-state index in [-0.39, 0.29) is 0 Å². The Balaban J connectivity index is 2.04. The molecule has 0 fully saturated rings. The third kappa shape index (κ3) is 3.77. The molecule has 0 saturated heterocycles. The first kappa shape index (κ1) is 16.9. The van der Waals surface area contributed by atoms with E-state index in [0.29, 0.717) is 0 Å². The molecule has 3 aromatic carbocycles. The summed E-state index contributed by atoms with van der Waals surface area (Å²) in [6.07, 6.45) is 0. The molecular weight excluding hydrogens is 306 g/mol. The lowest BCUT2D eigenvalue weighted by Gasteiger charge is -2.26. The van der Waals surface area contributed by atoms with Gasteiger partial charge in [-0.05, 0) is 60.7 Å². The standard InChI is InChI=1S/C22H25N3/c1-23(2)18-10-14-21(15-11-18)25(20-8-6-5-7-9-20)22-16-12-19(13-17-22)24(3)4/h5-17H,1-4H3. The van der Waals surface area contributed by atoms with E-state index in [2.05, 4.69) is 116 Å². The number of rotatable bonds is 5. The molecule has 0 spiro atoms. The largest absolute Gasteiger partial charge is 0.378 e. The van der Waals surface area contributed by atoms with Crippen LogP contribution in [-0.2, 0) is 0 Å². The van der Waals surface area contributed by atoms with Gasteiger partial charge in [0.2, 0.25) is 0 Å². The molecule has 0 unspecified atom stereocenters. The van der Waals surface area contributed by atoms with Gasteiger partial charge in [0, 0.05) is 56.6 Å². The highest BCUT2D eigenvalue weighted by Gasteiger charge is 2.12. The number of para-hydroxylation sites is 1. The van der Waals surface area contributed by atoms with Crippen LogP contribution < -0.4 is 14.7 Å². The van der Waals surface area contributed by atoms with Gasteiger partial charge in [0.1, 0.15) is 0 Å². The summed E-state index contributed by atoms with van der Waals surface area (Å²) in [7, 11) is 8.24. The van der Waals surface area contributed by atoms with Crippen LogP contribution in [0.25, 0.3) is 0 Å². The second-order valence-corrected chi connectivity index (χ2v) is 6.49. The Bertz CT molecular complexity index is 739. The van der Waals surface area contributed by atoms with Gasteiger partial charge in [-0.1, -0.05) is 18.2 Å². The first-order valence-electron chi connectivity index (χ1n) is 8.46. The minimum absolute atomic E-state index is 1.15. The Morgan fingerprint density at radius 2 is 0.720 bits per heavy atom.